The second-order valence-electron chi connectivity index (χ2n) is 8.60. The molecule has 30 heavy (non-hydrogen) atoms. The summed E-state index contributed by atoms with van der Waals surface area (Å²) in [6.45, 7) is 11.7. The van der Waals surface area contributed by atoms with Crippen molar-refractivity contribution in [3.8, 4) is 0 Å². The van der Waals surface area contributed by atoms with E-state index >= 15 is 0 Å². The van der Waals surface area contributed by atoms with E-state index in [0.29, 0.717) is 23.5 Å². The van der Waals surface area contributed by atoms with Crippen molar-refractivity contribution in [2.75, 3.05) is 52.4 Å². The van der Waals surface area contributed by atoms with Crippen molar-refractivity contribution in [3.05, 3.63) is 23.7 Å². The van der Waals surface area contributed by atoms with Gasteiger partial charge in [-0.15, -0.1) is 0 Å². The lowest BCUT2D eigenvalue weighted by atomic mass is 9.84. The van der Waals surface area contributed by atoms with Crippen LogP contribution in [0.4, 0.5) is 0 Å². The first kappa shape index (κ1) is 22.6. The standard InChI is InChI=1S/C22H37N5O3/c1-4-23-21(25-16-22(3,29)19-9-8-17(2)30-19)24-10-11-26-12-14-27(15-13-26)20(28)18-6-5-7-18/h8-9,18,29H,4-7,10-16H2,1-3H3,(H2,23,24,25). The molecule has 0 aromatic carbocycles. The van der Waals surface area contributed by atoms with E-state index < -0.39 is 5.60 Å². The maximum Gasteiger partial charge on any atom is 0.225 e. The number of aliphatic imine (C=N–C) groups is 1. The number of aryl methyl sites for hydroxylation is 1. The van der Waals surface area contributed by atoms with Gasteiger partial charge in [0.05, 0.1) is 6.54 Å². The lowest BCUT2D eigenvalue weighted by molar-refractivity contribution is -0.139. The molecule has 2 fully saturated rings. The van der Waals surface area contributed by atoms with Crippen molar-refractivity contribution in [2.45, 2.75) is 45.6 Å². The molecule has 2 heterocycles. The summed E-state index contributed by atoms with van der Waals surface area (Å²) in [4.78, 5) is 21.3. The fourth-order valence-electron chi connectivity index (χ4n) is 3.81. The SMILES string of the molecule is CCNC(=NCC(C)(O)c1ccc(C)o1)NCCN1CCN(C(=O)C2CCC2)CC1. The Kier molecular flexibility index (Phi) is 7.77. The number of carbonyl (C=O) groups excluding carboxylic acids is 1. The van der Waals surface area contributed by atoms with Gasteiger partial charge >= 0.3 is 0 Å². The maximum absolute atomic E-state index is 12.4. The van der Waals surface area contributed by atoms with Gasteiger partial charge in [-0.25, -0.2) is 4.99 Å². The quantitative estimate of drug-likeness (QED) is 0.434. The minimum Gasteiger partial charge on any atom is -0.463 e. The van der Waals surface area contributed by atoms with Crippen molar-refractivity contribution in [1.29, 1.82) is 0 Å². The smallest absolute Gasteiger partial charge is 0.225 e. The maximum atomic E-state index is 12.4. The van der Waals surface area contributed by atoms with Crippen LogP contribution in [0, 0.1) is 12.8 Å². The van der Waals surface area contributed by atoms with Crippen LogP contribution in [0.5, 0.6) is 0 Å². The van der Waals surface area contributed by atoms with Crippen LogP contribution in [0.2, 0.25) is 0 Å². The Morgan fingerprint density at radius 1 is 1.27 bits per heavy atom. The van der Waals surface area contributed by atoms with E-state index in [2.05, 4.69) is 20.5 Å². The highest BCUT2D eigenvalue weighted by molar-refractivity contribution is 5.80. The third-order valence-corrected chi connectivity index (χ3v) is 6.02. The first-order valence-electron chi connectivity index (χ1n) is 11.2. The third-order valence-electron chi connectivity index (χ3n) is 6.02. The molecule has 3 N–H and O–H groups in total. The molecule has 0 bridgehead atoms. The molecule has 1 aliphatic carbocycles. The highest BCUT2D eigenvalue weighted by atomic mass is 16.4. The predicted octanol–water partition coefficient (Wildman–Crippen LogP) is 1.29. The van der Waals surface area contributed by atoms with Crippen LogP contribution in [0.15, 0.2) is 21.5 Å². The summed E-state index contributed by atoms with van der Waals surface area (Å²) in [5.74, 6) is 2.63. The summed E-state index contributed by atoms with van der Waals surface area (Å²) in [5, 5.41) is 17.2. The zero-order valence-electron chi connectivity index (χ0n) is 18.6. The lowest BCUT2D eigenvalue weighted by Crippen LogP contribution is -2.52. The summed E-state index contributed by atoms with van der Waals surface area (Å²) < 4.78 is 5.56. The third kappa shape index (κ3) is 5.98. The van der Waals surface area contributed by atoms with E-state index in [1.165, 1.54) is 6.42 Å². The second kappa shape index (κ2) is 10.3. The number of hydrogen-bond acceptors (Lipinski definition) is 5. The van der Waals surface area contributed by atoms with E-state index in [1.807, 2.05) is 24.8 Å². The van der Waals surface area contributed by atoms with Gasteiger partial charge in [-0.2, -0.15) is 0 Å². The van der Waals surface area contributed by atoms with Crippen LogP contribution in [-0.2, 0) is 10.4 Å². The zero-order valence-corrected chi connectivity index (χ0v) is 18.6. The van der Waals surface area contributed by atoms with Gasteiger partial charge in [0, 0.05) is 51.7 Å². The number of nitrogens with zero attached hydrogens (tertiary/aromatic N) is 3. The second-order valence-corrected chi connectivity index (χ2v) is 8.60. The van der Waals surface area contributed by atoms with Crippen LogP contribution in [0.1, 0.15) is 44.6 Å². The van der Waals surface area contributed by atoms with Gasteiger partial charge in [0.15, 0.2) is 5.96 Å². The molecular formula is C22H37N5O3. The van der Waals surface area contributed by atoms with Crippen LogP contribution < -0.4 is 10.6 Å². The topological polar surface area (TPSA) is 93.3 Å². The fraction of sp³-hybridized carbons (Fsp3) is 0.727. The highest BCUT2D eigenvalue weighted by Crippen LogP contribution is 2.28. The summed E-state index contributed by atoms with van der Waals surface area (Å²) in [6.07, 6.45) is 3.35. The number of carbonyl (C=O) groups is 1. The van der Waals surface area contributed by atoms with E-state index in [0.717, 1.165) is 64.4 Å². The summed E-state index contributed by atoms with van der Waals surface area (Å²) in [6, 6.07) is 3.64. The van der Waals surface area contributed by atoms with Crippen molar-refractivity contribution in [2.24, 2.45) is 10.9 Å². The highest BCUT2D eigenvalue weighted by Gasteiger charge is 2.31. The molecule has 8 nitrogen and oxygen atoms in total. The van der Waals surface area contributed by atoms with E-state index in [9.17, 15) is 9.90 Å². The molecule has 1 aliphatic heterocycles. The summed E-state index contributed by atoms with van der Waals surface area (Å²) >= 11 is 0. The van der Waals surface area contributed by atoms with Gasteiger partial charge in [0.2, 0.25) is 5.91 Å². The Balaban J connectivity index is 1.41. The number of amides is 1. The average molecular weight is 420 g/mol. The number of guanidine groups is 1. The molecule has 3 rings (SSSR count). The largest absolute Gasteiger partial charge is 0.463 e. The molecule has 1 aromatic rings. The predicted molar refractivity (Wildman–Crippen MR) is 117 cm³/mol. The molecule has 2 aliphatic rings. The van der Waals surface area contributed by atoms with E-state index in [4.69, 9.17) is 4.42 Å². The summed E-state index contributed by atoms with van der Waals surface area (Å²) in [5.41, 5.74) is -1.15. The molecule has 1 atom stereocenters. The van der Waals surface area contributed by atoms with Crippen molar-refractivity contribution in [1.82, 2.24) is 20.4 Å². The Hall–Kier alpha value is -2.06. The molecule has 1 unspecified atom stereocenters. The number of rotatable bonds is 8. The number of aliphatic hydroxyl groups is 1. The molecule has 0 spiro atoms. The van der Waals surface area contributed by atoms with Gasteiger partial charge < -0.3 is 25.1 Å². The van der Waals surface area contributed by atoms with Crippen LogP contribution >= 0.6 is 0 Å². The first-order chi connectivity index (χ1) is 14.4. The molecule has 168 valence electrons. The molecule has 8 heteroatoms. The Labute approximate surface area is 179 Å². The van der Waals surface area contributed by atoms with Gasteiger partial charge in [-0.3, -0.25) is 9.69 Å². The summed E-state index contributed by atoms with van der Waals surface area (Å²) in [7, 11) is 0. The first-order valence-corrected chi connectivity index (χ1v) is 11.2. The van der Waals surface area contributed by atoms with E-state index in [1.54, 1.807) is 13.0 Å². The zero-order chi connectivity index (χ0) is 21.6. The monoisotopic (exact) mass is 419 g/mol. The molecule has 1 saturated heterocycles. The number of piperazine rings is 1. The Morgan fingerprint density at radius 2 is 2.00 bits per heavy atom. The van der Waals surface area contributed by atoms with Crippen LogP contribution in [0.3, 0.4) is 0 Å². The van der Waals surface area contributed by atoms with Crippen LogP contribution in [0.25, 0.3) is 0 Å². The average Bonchev–Trinajstić information content (AvgIpc) is 3.13. The van der Waals surface area contributed by atoms with Crippen molar-refractivity contribution in [3.63, 3.8) is 0 Å². The molecular weight excluding hydrogens is 382 g/mol. The minimum absolute atomic E-state index is 0.206. The van der Waals surface area contributed by atoms with Gasteiger partial charge in [-0.1, -0.05) is 6.42 Å². The molecule has 1 amide bonds. The number of furan rings is 1. The van der Waals surface area contributed by atoms with Gasteiger partial charge in [0.1, 0.15) is 17.1 Å². The van der Waals surface area contributed by atoms with Crippen LogP contribution in [-0.4, -0.2) is 79.1 Å². The minimum atomic E-state index is -1.15. The van der Waals surface area contributed by atoms with E-state index in [-0.39, 0.29) is 6.54 Å². The lowest BCUT2D eigenvalue weighted by Gasteiger charge is -2.38. The number of nitrogens with one attached hydrogen (secondary N) is 2. The van der Waals surface area contributed by atoms with Gasteiger partial charge in [0.25, 0.3) is 0 Å². The molecule has 1 aromatic heterocycles. The number of hydrogen-bond donors (Lipinski definition) is 3. The fourth-order valence-corrected chi connectivity index (χ4v) is 3.81. The molecule has 1 saturated carbocycles. The Bertz CT molecular complexity index is 718. The van der Waals surface area contributed by atoms with Crippen molar-refractivity contribution >= 4 is 11.9 Å². The molecule has 0 radical (unpaired) electrons. The van der Waals surface area contributed by atoms with Gasteiger partial charge in [-0.05, 0) is 45.7 Å². The Morgan fingerprint density at radius 3 is 2.57 bits per heavy atom. The normalized spacial score (nSPS) is 20.5. The van der Waals surface area contributed by atoms with Crippen molar-refractivity contribution < 1.29 is 14.3 Å².